The van der Waals surface area contributed by atoms with E-state index in [0.29, 0.717) is 6.04 Å². The summed E-state index contributed by atoms with van der Waals surface area (Å²) in [7, 11) is 0. The molecule has 0 aromatic rings. The number of likely N-dealkylation sites (tertiary alicyclic amines) is 1. The molecule has 0 radical (unpaired) electrons. The SMILES string of the molecule is Cl.N[C@H]1CCCC[C@@H]1CN1CCCCC1. The molecular formula is C12H25ClN2. The summed E-state index contributed by atoms with van der Waals surface area (Å²) in [5.74, 6) is 0.793. The van der Waals surface area contributed by atoms with Crippen LogP contribution in [0.15, 0.2) is 0 Å². The number of halogens is 1. The molecule has 0 amide bonds. The average molecular weight is 233 g/mol. The minimum atomic E-state index is 0. The predicted octanol–water partition coefficient (Wildman–Crippen LogP) is 2.41. The van der Waals surface area contributed by atoms with Gasteiger partial charge in [-0.3, -0.25) is 0 Å². The Balaban J connectivity index is 0.00000112. The van der Waals surface area contributed by atoms with E-state index >= 15 is 0 Å². The summed E-state index contributed by atoms with van der Waals surface area (Å²) >= 11 is 0. The van der Waals surface area contributed by atoms with Crippen LogP contribution in [0.25, 0.3) is 0 Å². The largest absolute Gasteiger partial charge is 0.327 e. The maximum atomic E-state index is 6.17. The normalized spacial score (nSPS) is 33.4. The molecule has 3 heteroatoms. The van der Waals surface area contributed by atoms with E-state index in [2.05, 4.69) is 4.90 Å². The molecule has 15 heavy (non-hydrogen) atoms. The van der Waals surface area contributed by atoms with Gasteiger partial charge in [0, 0.05) is 12.6 Å². The molecule has 0 unspecified atom stereocenters. The fraction of sp³-hybridized carbons (Fsp3) is 1.00. The summed E-state index contributed by atoms with van der Waals surface area (Å²) in [4.78, 5) is 2.64. The van der Waals surface area contributed by atoms with Gasteiger partial charge in [-0.15, -0.1) is 12.4 Å². The number of nitrogens with two attached hydrogens (primary N) is 1. The second-order valence-electron chi connectivity index (χ2n) is 5.07. The average Bonchev–Trinajstić information content (AvgIpc) is 2.23. The van der Waals surface area contributed by atoms with Crippen molar-refractivity contribution in [3.05, 3.63) is 0 Å². The Morgan fingerprint density at radius 3 is 2.27 bits per heavy atom. The van der Waals surface area contributed by atoms with Crippen LogP contribution in [0.4, 0.5) is 0 Å². The van der Waals surface area contributed by atoms with Crippen LogP contribution in [0.1, 0.15) is 44.9 Å². The highest BCUT2D eigenvalue weighted by Gasteiger charge is 2.24. The molecule has 2 aliphatic rings. The van der Waals surface area contributed by atoms with Crippen molar-refractivity contribution in [3.8, 4) is 0 Å². The van der Waals surface area contributed by atoms with Gasteiger partial charge in [-0.25, -0.2) is 0 Å². The molecule has 0 bridgehead atoms. The van der Waals surface area contributed by atoms with Crippen LogP contribution in [0.2, 0.25) is 0 Å². The highest BCUT2D eigenvalue weighted by atomic mass is 35.5. The first-order valence-corrected chi connectivity index (χ1v) is 6.34. The third kappa shape index (κ3) is 3.93. The maximum absolute atomic E-state index is 6.17. The highest BCUT2D eigenvalue weighted by molar-refractivity contribution is 5.85. The molecular weight excluding hydrogens is 208 g/mol. The lowest BCUT2D eigenvalue weighted by atomic mass is 9.84. The van der Waals surface area contributed by atoms with Gasteiger partial charge in [0.2, 0.25) is 0 Å². The third-order valence-corrected chi connectivity index (χ3v) is 3.91. The molecule has 0 aromatic carbocycles. The summed E-state index contributed by atoms with van der Waals surface area (Å²) in [5, 5.41) is 0. The minimum absolute atomic E-state index is 0. The van der Waals surface area contributed by atoms with Gasteiger partial charge >= 0.3 is 0 Å². The lowest BCUT2D eigenvalue weighted by molar-refractivity contribution is 0.161. The molecule has 1 saturated carbocycles. The number of hydrogen-bond donors (Lipinski definition) is 1. The van der Waals surface area contributed by atoms with E-state index < -0.39 is 0 Å². The molecule has 1 aliphatic carbocycles. The molecule has 0 aromatic heterocycles. The van der Waals surface area contributed by atoms with Gasteiger partial charge in [0.15, 0.2) is 0 Å². The van der Waals surface area contributed by atoms with Crippen molar-refractivity contribution < 1.29 is 0 Å². The summed E-state index contributed by atoms with van der Waals surface area (Å²) < 4.78 is 0. The summed E-state index contributed by atoms with van der Waals surface area (Å²) in [6.45, 7) is 3.92. The molecule has 2 fully saturated rings. The number of piperidine rings is 1. The second-order valence-corrected chi connectivity index (χ2v) is 5.07. The molecule has 1 heterocycles. The van der Waals surface area contributed by atoms with Gasteiger partial charge in [-0.1, -0.05) is 19.3 Å². The van der Waals surface area contributed by atoms with Gasteiger partial charge in [-0.2, -0.15) is 0 Å². The summed E-state index contributed by atoms with van der Waals surface area (Å²) in [6.07, 6.45) is 9.65. The van der Waals surface area contributed by atoms with Gasteiger partial charge in [0.05, 0.1) is 0 Å². The Hall–Kier alpha value is 0.210. The van der Waals surface area contributed by atoms with E-state index in [1.54, 1.807) is 0 Å². The lowest BCUT2D eigenvalue weighted by Crippen LogP contribution is -2.42. The molecule has 2 rings (SSSR count). The Labute approximate surface area is 100.0 Å². The Morgan fingerprint density at radius 2 is 1.60 bits per heavy atom. The van der Waals surface area contributed by atoms with Crippen LogP contribution >= 0.6 is 12.4 Å². The third-order valence-electron chi connectivity index (χ3n) is 3.91. The first kappa shape index (κ1) is 13.3. The molecule has 90 valence electrons. The van der Waals surface area contributed by atoms with Crippen LogP contribution in [0.3, 0.4) is 0 Å². The Bertz CT molecular complexity index is 169. The van der Waals surface area contributed by atoms with E-state index in [9.17, 15) is 0 Å². The Kier molecular flexibility index (Phi) is 5.95. The summed E-state index contributed by atoms with van der Waals surface area (Å²) in [6, 6.07) is 0.491. The van der Waals surface area contributed by atoms with Crippen molar-refractivity contribution in [2.75, 3.05) is 19.6 Å². The zero-order chi connectivity index (χ0) is 9.80. The number of rotatable bonds is 2. The lowest BCUT2D eigenvalue weighted by Gasteiger charge is -2.35. The van der Waals surface area contributed by atoms with Gasteiger partial charge < -0.3 is 10.6 Å². The monoisotopic (exact) mass is 232 g/mol. The zero-order valence-electron chi connectivity index (χ0n) is 9.66. The van der Waals surface area contributed by atoms with Crippen LogP contribution in [0, 0.1) is 5.92 Å². The van der Waals surface area contributed by atoms with Crippen molar-refractivity contribution in [2.45, 2.75) is 51.0 Å². The minimum Gasteiger partial charge on any atom is -0.327 e. The van der Waals surface area contributed by atoms with Gasteiger partial charge in [-0.05, 0) is 44.7 Å². The van der Waals surface area contributed by atoms with E-state index in [1.807, 2.05) is 0 Å². The molecule has 1 aliphatic heterocycles. The molecule has 0 spiro atoms. The highest BCUT2D eigenvalue weighted by Crippen LogP contribution is 2.24. The van der Waals surface area contributed by atoms with Gasteiger partial charge in [0.1, 0.15) is 0 Å². The van der Waals surface area contributed by atoms with Crippen molar-refractivity contribution in [2.24, 2.45) is 11.7 Å². The topological polar surface area (TPSA) is 29.3 Å². The van der Waals surface area contributed by atoms with E-state index in [-0.39, 0.29) is 12.4 Å². The standard InChI is InChI=1S/C12H24N2.ClH/c13-12-7-3-2-6-11(12)10-14-8-4-1-5-9-14;/h11-12H,1-10,13H2;1H/t11-,12+;/m1./s1. The van der Waals surface area contributed by atoms with Crippen LogP contribution in [-0.2, 0) is 0 Å². The molecule has 1 saturated heterocycles. The van der Waals surface area contributed by atoms with Crippen LogP contribution in [0.5, 0.6) is 0 Å². The maximum Gasteiger partial charge on any atom is 0.00793 e. The van der Waals surface area contributed by atoms with E-state index in [0.717, 1.165) is 5.92 Å². The van der Waals surface area contributed by atoms with Crippen molar-refractivity contribution in [1.29, 1.82) is 0 Å². The predicted molar refractivity (Wildman–Crippen MR) is 67.5 cm³/mol. The van der Waals surface area contributed by atoms with Gasteiger partial charge in [0.25, 0.3) is 0 Å². The number of nitrogens with zero attached hydrogens (tertiary/aromatic N) is 1. The first-order valence-electron chi connectivity index (χ1n) is 6.34. The fourth-order valence-electron chi connectivity index (χ4n) is 2.94. The Morgan fingerprint density at radius 1 is 0.933 bits per heavy atom. The van der Waals surface area contributed by atoms with Crippen molar-refractivity contribution >= 4 is 12.4 Å². The summed E-state index contributed by atoms with van der Waals surface area (Å²) in [5.41, 5.74) is 6.17. The van der Waals surface area contributed by atoms with Crippen LogP contribution < -0.4 is 5.73 Å². The zero-order valence-corrected chi connectivity index (χ0v) is 10.5. The fourth-order valence-corrected chi connectivity index (χ4v) is 2.94. The van der Waals surface area contributed by atoms with E-state index in [1.165, 1.54) is 64.6 Å². The van der Waals surface area contributed by atoms with E-state index in [4.69, 9.17) is 5.73 Å². The smallest absolute Gasteiger partial charge is 0.00793 e. The number of hydrogen-bond acceptors (Lipinski definition) is 2. The molecule has 2 N–H and O–H groups in total. The van der Waals surface area contributed by atoms with Crippen molar-refractivity contribution in [3.63, 3.8) is 0 Å². The molecule has 2 nitrogen and oxygen atoms in total. The molecule has 2 atom stereocenters. The quantitative estimate of drug-likeness (QED) is 0.793. The van der Waals surface area contributed by atoms with Crippen molar-refractivity contribution in [1.82, 2.24) is 4.90 Å². The first-order chi connectivity index (χ1) is 6.86. The second kappa shape index (κ2) is 6.72. The van der Waals surface area contributed by atoms with Crippen LogP contribution in [-0.4, -0.2) is 30.6 Å².